The zero-order chi connectivity index (χ0) is 17.7. The predicted molar refractivity (Wildman–Crippen MR) is 92.8 cm³/mol. The molecule has 0 spiro atoms. The molecule has 0 atom stereocenters. The molecule has 2 aromatic carbocycles. The molecule has 2 aromatic rings. The van der Waals surface area contributed by atoms with E-state index in [0.717, 1.165) is 11.3 Å². The van der Waals surface area contributed by atoms with Crippen molar-refractivity contribution in [3.8, 4) is 5.75 Å². The Morgan fingerprint density at radius 2 is 1.88 bits per heavy atom. The highest BCUT2D eigenvalue weighted by Crippen LogP contribution is 2.30. The van der Waals surface area contributed by atoms with Gasteiger partial charge in [0.15, 0.2) is 5.78 Å². The maximum Gasteiger partial charge on any atom is 0.293 e. The summed E-state index contributed by atoms with van der Waals surface area (Å²) in [4.78, 5) is 24.1. The Kier molecular flexibility index (Phi) is 5.52. The lowest BCUT2D eigenvalue weighted by Gasteiger charge is -2.19. The average molecular weight is 328 g/mol. The van der Waals surface area contributed by atoms with E-state index in [9.17, 15) is 14.9 Å². The van der Waals surface area contributed by atoms with Crippen LogP contribution < -0.4 is 9.64 Å². The summed E-state index contributed by atoms with van der Waals surface area (Å²) in [6.07, 6.45) is 0. The van der Waals surface area contributed by atoms with Crippen molar-refractivity contribution in [2.75, 3.05) is 18.6 Å². The molecule has 0 saturated heterocycles. The van der Waals surface area contributed by atoms with Crippen LogP contribution in [0, 0.1) is 10.1 Å². The van der Waals surface area contributed by atoms with Crippen LogP contribution in [0.3, 0.4) is 0 Å². The fraction of sp³-hybridized carbons (Fsp3) is 0.278. The third-order valence-corrected chi connectivity index (χ3v) is 3.64. The Morgan fingerprint density at radius 3 is 2.42 bits per heavy atom. The number of benzene rings is 2. The Labute approximate surface area is 140 Å². The standard InChI is InChI=1S/C18H20N2O4/c1-4-24-16-8-5-14(6-9-16)12-19(3)17-10-7-15(13(2)21)11-18(17)20(22)23/h5-11H,4,12H2,1-3H3. The third kappa shape index (κ3) is 4.10. The lowest BCUT2D eigenvalue weighted by atomic mass is 10.1. The Bertz CT molecular complexity index is 741. The predicted octanol–water partition coefficient (Wildman–Crippen LogP) is 3.83. The minimum absolute atomic E-state index is 0.0730. The highest BCUT2D eigenvalue weighted by molar-refractivity contribution is 5.95. The Balaban J connectivity index is 2.23. The van der Waals surface area contributed by atoms with E-state index in [0.29, 0.717) is 24.4 Å². The zero-order valence-electron chi connectivity index (χ0n) is 14.0. The van der Waals surface area contributed by atoms with Gasteiger partial charge < -0.3 is 9.64 Å². The van der Waals surface area contributed by atoms with Gasteiger partial charge in [-0.1, -0.05) is 12.1 Å². The van der Waals surface area contributed by atoms with Gasteiger partial charge in [-0.15, -0.1) is 0 Å². The van der Waals surface area contributed by atoms with Crippen LogP contribution in [0.1, 0.15) is 29.8 Å². The second kappa shape index (κ2) is 7.59. The molecular formula is C18H20N2O4. The molecule has 0 radical (unpaired) electrons. The van der Waals surface area contributed by atoms with Crippen LogP contribution >= 0.6 is 0 Å². The molecule has 126 valence electrons. The smallest absolute Gasteiger partial charge is 0.293 e. The van der Waals surface area contributed by atoms with Crippen LogP contribution in [-0.4, -0.2) is 24.4 Å². The lowest BCUT2D eigenvalue weighted by Crippen LogP contribution is -2.18. The molecule has 24 heavy (non-hydrogen) atoms. The monoisotopic (exact) mass is 328 g/mol. The summed E-state index contributed by atoms with van der Waals surface area (Å²) < 4.78 is 5.40. The first-order valence-electron chi connectivity index (χ1n) is 7.64. The van der Waals surface area contributed by atoms with Gasteiger partial charge in [-0.05, 0) is 43.7 Å². The SMILES string of the molecule is CCOc1ccc(CN(C)c2ccc(C(C)=O)cc2[N+](=O)[O-])cc1. The molecular weight excluding hydrogens is 308 g/mol. The maximum absolute atomic E-state index is 11.4. The highest BCUT2D eigenvalue weighted by atomic mass is 16.6. The molecule has 0 aliphatic rings. The molecule has 0 aromatic heterocycles. The van der Waals surface area contributed by atoms with Gasteiger partial charge in [-0.2, -0.15) is 0 Å². The van der Waals surface area contributed by atoms with Crippen LogP contribution in [-0.2, 0) is 6.54 Å². The van der Waals surface area contributed by atoms with E-state index in [2.05, 4.69) is 0 Å². The zero-order valence-corrected chi connectivity index (χ0v) is 14.0. The first-order valence-corrected chi connectivity index (χ1v) is 7.64. The van der Waals surface area contributed by atoms with E-state index < -0.39 is 4.92 Å². The van der Waals surface area contributed by atoms with Crippen LogP contribution in [0.15, 0.2) is 42.5 Å². The van der Waals surface area contributed by atoms with E-state index in [1.54, 1.807) is 24.1 Å². The molecule has 0 unspecified atom stereocenters. The summed E-state index contributed by atoms with van der Waals surface area (Å²) in [6, 6.07) is 12.2. The number of nitro benzene ring substituents is 1. The van der Waals surface area contributed by atoms with Crippen molar-refractivity contribution < 1.29 is 14.5 Å². The van der Waals surface area contributed by atoms with Gasteiger partial charge >= 0.3 is 0 Å². The summed E-state index contributed by atoms with van der Waals surface area (Å²) in [6.45, 7) is 4.43. The van der Waals surface area contributed by atoms with Gasteiger partial charge in [0.25, 0.3) is 5.69 Å². The third-order valence-electron chi connectivity index (χ3n) is 3.64. The maximum atomic E-state index is 11.4. The highest BCUT2D eigenvalue weighted by Gasteiger charge is 2.19. The first-order chi connectivity index (χ1) is 11.4. The molecule has 6 heteroatoms. The van der Waals surface area contributed by atoms with E-state index in [1.165, 1.54) is 13.0 Å². The molecule has 6 nitrogen and oxygen atoms in total. The van der Waals surface area contributed by atoms with Crippen LogP contribution in [0.4, 0.5) is 11.4 Å². The van der Waals surface area contributed by atoms with Gasteiger partial charge in [-0.25, -0.2) is 0 Å². The summed E-state index contributed by atoms with van der Waals surface area (Å²) in [5, 5.41) is 11.3. The molecule has 0 aliphatic heterocycles. The van der Waals surface area contributed by atoms with Gasteiger partial charge in [0.05, 0.1) is 11.5 Å². The normalized spacial score (nSPS) is 10.3. The van der Waals surface area contributed by atoms with E-state index in [-0.39, 0.29) is 11.5 Å². The summed E-state index contributed by atoms with van der Waals surface area (Å²) >= 11 is 0. The second-order valence-corrected chi connectivity index (χ2v) is 5.45. The topological polar surface area (TPSA) is 72.7 Å². The number of nitro groups is 1. The largest absolute Gasteiger partial charge is 0.494 e. The number of nitrogens with zero attached hydrogens (tertiary/aromatic N) is 2. The van der Waals surface area contributed by atoms with Gasteiger partial charge in [0.2, 0.25) is 0 Å². The van der Waals surface area contributed by atoms with Crippen molar-refractivity contribution in [2.24, 2.45) is 0 Å². The molecule has 0 bridgehead atoms. The van der Waals surface area contributed by atoms with Crippen LogP contribution in [0.5, 0.6) is 5.75 Å². The molecule has 0 N–H and O–H groups in total. The number of hydrogen-bond acceptors (Lipinski definition) is 5. The molecule has 0 fully saturated rings. The number of ketones is 1. The van der Waals surface area contributed by atoms with Gasteiger partial charge in [-0.3, -0.25) is 14.9 Å². The first kappa shape index (κ1) is 17.5. The van der Waals surface area contributed by atoms with Crippen molar-refractivity contribution in [3.63, 3.8) is 0 Å². The number of Topliss-reactive ketones (excluding diaryl/α,β-unsaturated/α-hetero) is 1. The van der Waals surface area contributed by atoms with Crippen molar-refractivity contribution in [1.82, 2.24) is 0 Å². The van der Waals surface area contributed by atoms with Crippen molar-refractivity contribution in [3.05, 3.63) is 63.7 Å². The van der Waals surface area contributed by atoms with E-state index in [4.69, 9.17) is 4.74 Å². The van der Waals surface area contributed by atoms with E-state index >= 15 is 0 Å². The minimum atomic E-state index is -0.462. The quantitative estimate of drug-likeness (QED) is 0.439. The minimum Gasteiger partial charge on any atom is -0.494 e. The fourth-order valence-corrected chi connectivity index (χ4v) is 2.43. The van der Waals surface area contributed by atoms with E-state index in [1.807, 2.05) is 31.2 Å². The Hall–Kier alpha value is -2.89. The molecule has 0 saturated carbocycles. The molecule has 2 rings (SSSR count). The van der Waals surface area contributed by atoms with Crippen LogP contribution in [0.2, 0.25) is 0 Å². The van der Waals surface area contributed by atoms with Crippen molar-refractivity contribution in [1.29, 1.82) is 0 Å². The number of carbonyl (C=O) groups is 1. The number of anilines is 1. The summed E-state index contributed by atoms with van der Waals surface area (Å²) in [5.74, 6) is 0.597. The van der Waals surface area contributed by atoms with Gasteiger partial charge in [0.1, 0.15) is 11.4 Å². The van der Waals surface area contributed by atoms with Crippen molar-refractivity contribution in [2.45, 2.75) is 20.4 Å². The summed E-state index contributed by atoms with van der Waals surface area (Å²) in [5.41, 5.74) is 1.74. The molecule has 0 amide bonds. The average Bonchev–Trinajstić information content (AvgIpc) is 2.56. The van der Waals surface area contributed by atoms with Crippen molar-refractivity contribution >= 4 is 17.2 Å². The summed E-state index contributed by atoms with van der Waals surface area (Å²) in [7, 11) is 1.78. The molecule has 0 heterocycles. The number of hydrogen-bond donors (Lipinski definition) is 0. The van der Waals surface area contributed by atoms with Crippen LogP contribution in [0.25, 0.3) is 0 Å². The number of carbonyl (C=O) groups excluding carboxylic acids is 1. The van der Waals surface area contributed by atoms with Gasteiger partial charge in [0, 0.05) is 25.2 Å². The number of rotatable bonds is 7. The second-order valence-electron chi connectivity index (χ2n) is 5.45. The number of ether oxygens (including phenoxy) is 1. The molecule has 0 aliphatic carbocycles. The lowest BCUT2D eigenvalue weighted by molar-refractivity contribution is -0.384. The fourth-order valence-electron chi connectivity index (χ4n) is 2.43. The Morgan fingerprint density at radius 1 is 1.21 bits per heavy atom.